The van der Waals surface area contributed by atoms with Gasteiger partial charge in [0.15, 0.2) is 0 Å². The Morgan fingerprint density at radius 2 is 1.96 bits per heavy atom. The maximum Gasteiger partial charge on any atom is 0.322 e. The number of hydrogen-bond acceptors (Lipinski definition) is 2. The van der Waals surface area contributed by atoms with Gasteiger partial charge in [-0.25, -0.2) is 13.6 Å². The lowest BCUT2D eigenvalue weighted by Crippen LogP contribution is -2.62. The van der Waals surface area contributed by atoms with Crippen LogP contribution in [0.2, 0.25) is 0 Å². The van der Waals surface area contributed by atoms with Gasteiger partial charge in [-0.05, 0) is 56.0 Å². The van der Waals surface area contributed by atoms with Crippen molar-refractivity contribution in [1.82, 2.24) is 9.88 Å². The maximum atomic E-state index is 14.1. The van der Waals surface area contributed by atoms with Crippen molar-refractivity contribution in [2.45, 2.75) is 37.8 Å². The number of amides is 2. The van der Waals surface area contributed by atoms with Crippen LogP contribution >= 0.6 is 0 Å². The van der Waals surface area contributed by atoms with Crippen LogP contribution in [0.15, 0.2) is 36.5 Å². The Balaban J connectivity index is 1.55. The number of benzene rings is 1. The van der Waals surface area contributed by atoms with Crippen molar-refractivity contribution in [3.63, 3.8) is 0 Å². The molecule has 2 atom stereocenters. The van der Waals surface area contributed by atoms with Gasteiger partial charge in [-0.3, -0.25) is 4.98 Å². The van der Waals surface area contributed by atoms with Crippen LogP contribution in [0.5, 0.6) is 0 Å². The van der Waals surface area contributed by atoms with E-state index in [4.69, 9.17) is 0 Å². The van der Waals surface area contributed by atoms with Crippen LogP contribution in [-0.2, 0) is 0 Å². The molecule has 124 valence electrons. The van der Waals surface area contributed by atoms with E-state index in [1.54, 1.807) is 0 Å². The Kier molecular flexibility index (Phi) is 3.67. The average Bonchev–Trinajstić information content (AvgIpc) is 2.58. The number of carbonyl (C=O) groups excluding carboxylic acids is 1. The Morgan fingerprint density at radius 1 is 1.17 bits per heavy atom. The van der Waals surface area contributed by atoms with E-state index in [2.05, 4.69) is 10.3 Å². The molecular formula is C18H17F2N3O. The first-order valence-electron chi connectivity index (χ1n) is 8.12. The number of hydrogen-bond donors (Lipinski definition) is 1. The molecular weight excluding hydrogens is 312 g/mol. The maximum absolute atomic E-state index is 14.1. The highest BCUT2D eigenvalue weighted by Crippen LogP contribution is 2.38. The molecule has 2 aromatic rings. The highest BCUT2D eigenvalue weighted by Gasteiger charge is 2.44. The van der Waals surface area contributed by atoms with Crippen molar-refractivity contribution in [2.75, 3.05) is 5.32 Å². The van der Waals surface area contributed by atoms with Gasteiger partial charge in [0, 0.05) is 23.3 Å². The van der Waals surface area contributed by atoms with E-state index in [-0.39, 0.29) is 11.6 Å². The topological polar surface area (TPSA) is 45.2 Å². The molecule has 0 spiro atoms. The van der Waals surface area contributed by atoms with Crippen molar-refractivity contribution in [3.8, 4) is 11.3 Å². The second-order valence-electron chi connectivity index (χ2n) is 6.37. The van der Waals surface area contributed by atoms with Gasteiger partial charge >= 0.3 is 6.03 Å². The van der Waals surface area contributed by atoms with Gasteiger partial charge in [0.2, 0.25) is 0 Å². The molecule has 2 saturated heterocycles. The summed E-state index contributed by atoms with van der Waals surface area (Å²) >= 11 is 0. The summed E-state index contributed by atoms with van der Waals surface area (Å²) in [7, 11) is 0. The highest BCUT2D eigenvalue weighted by molar-refractivity contribution is 5.91. The molecule has 2 unspecified atom stereocenters. The number of aromatic nitrogens is 1. The quantitative estimate of drug-likeness (QED) is 0.898. The summed E-state index contributed by atoms with van der Waals surface area (Å²) in [5.74, 6) is -0.944. The molecule has 1 aromatic heterocycles. The van der Waals surface area contributed by atoms with Crippen LogP contribution in [0.4, 0.5) is 19.3 Å². The summed E-state index contributed by atoms with van der Waals surface area (Å²) in [6, 6.07) is 7.52. The van der Waals surface area contributed by atoms with Crippen molar-refractivity contribution in [1.29, 1.82) is 0 Å². The normalized spacial score (nSPS) is 22.0. The zero-order valence-electron chi connectivity index (χ0n) is 13.0. The lowest BCUT2D eigenvalue weighted by molar-refractivity contribution is 0.0173. The van der Waals surface area contributed by atoms with Gasteiger partial charge in [0.25, 0.3) is 0 Å². The number of rotatable bonds is 2. The zero-order chi connectivity index (χ0) is 16.7. The Hall–Kier alpha value is -2.50. The number of halogens is 2. The van der Waals surface area contributed by atoms with Gasteiger partial charge in [0.1, 0.15) is 11.6 Å². The molecule has 0 radical (unpaired) electrons. The van der Waals surface area contributed by atoms with Gasteiger partial charge in [-0.15, -0.1) is 0 Å². The van der Waals surface area contributed by atoms with Gasteiger partial charge in [0.05, 0.1) is 11.9 Å². The second-order valence-corrected chi connectivity index (χ2v) is 6.37. The van der Waals surface area contributed by atoms with Crippen LogP contribution in [-0.4, -0.2) is 28.0 Å². The van der Waals surface area contributed by atoms with E-state index in [0.717, 1.165) is 25.5 Å². The molecule has 2 bridgehead atoms. The first-order chi connectivity index (χ1) is 11.6. The average molecular weight is 329 g/mol. The van der Waals surface area contributed by atoms with Crippen LogP contribution in [0.1, 0.15) is 25.7 Å². The lowest BCUT2D eigenvalue weighted by Gasteiger charge is -2.52. The first kappa shape index (κ1) is 15.1. The van der Waals surface area contributed by atoms with Gasteiger partial charge in [-0.2, -0.15) is 0 Å². The molecule has 2 amide bonds. The van der Waals surface area contributed by atoms with Crippen molar-refractivity contribution in [2.24, 2.45) is 0 Å². The van der Waals surface area contributed by atoms with Crippen LogP contribution in [0.25, 0.3) is 11.3 Å². The minimum atomic E-state index is -0.479. The zero-order valence-corrected chi connectivity index (χ0v) is 13.0. The number of nitrogens with one attached hydrogen (secondary N) is 1. The van der Waals surface area contributed by atoms with Gasteiger partial charge in [-0.1, -0.05) is 0 Å². The van der Waals surface area contributed by atoms with Crippen molar-refractivity contribution >= 4 is 11.7 Å². The second kappa shape index (κ2) is 5.85. The van der Waals surface area contributed by atoms with Crippen LogP contribution < -0.4 is 5.32 Å². The Bertz CT molecular complexity index is 764. The molecule has 0 saturated carbocycles. The van der Waals surface area contributed by atoms with Crippen LogP contribution in [0, 0.1) is 11.6 Å². The summed E-state index contributed by atoms with van der Waals surface area (Å²) in [5.41, 5.74) is 1.06. The third-order valence-electron chi connectivity index (χ3n) is 4.86. The number of fused-ring (bicyclic) bond motifs is 2. The molecule has 4 nitrogen and oxygen atoms in total. The summed E-state index contributed by atoms with van der Waals surface area (Å²) < 4.78 is 27.0. The molecule has 1 N–H and O–H groups in total. The number of carbonyl (C=O) groups is 1. The minimum absolute atomic E-state index is 0.138. The van der Waals surface area contributed by atoms with E-state index in [0.29, 0.717) is 23.5 Å². The molecule has 0 aliphatic carbocycles. The third-order valence-corrected chi connectivity index (χ3v) is 4.86. The van der Waals surface area contributed by atoms with E-state index in [9.17, 15) is 13.6 Å². The summed E-state index contributed by atoms with van der Waals surface area (Å²) in [6.45, 7) is 0. The number of anilines is 1. The number of urea groups is 1. The Morgan fingerprint density at radius 3 is 2.62 bits per heavy atom. The predicted octanol–water partition coefficient (Wildman–Crippen LogP) is 4.19. The SMILES string of the molecule is O=C(Nc1ccc(F)c(-c2ccc(F)cn2)c1)N1C2CCCC1C2. The molecule has 2 fully saturated rings. The molecule has 2 aliphatic rings. The third kappa shape index (κ3) is 2.62. The molecule has 3 heterocycles. The largest absolute Gasteiger partial charge is 0.322 e. The van der Waals surface area contributed by atoms with Crippen molar-refractivity contribution in [3.05, 3.63) is 48.2 Å². The molecule has 6 heteroatoms. The summed E-state index contributed by atoms with van der Waals surface area (Å²) in [6.07, 6.45) is 5.41. The molecule has 24 heavy (non-hydrogen) atoms. The van der Waals surface area contributed by atoms with Crippen LogP contribution in [0.3, 0.4) is 0 Å². The first-order valence-corrected chi connectivity index (χ1v) is 8.12. The van der Waals surface area contributed by atoms with E-state index >= 15 is 0 Å². The van der Waals surface area contributed by atoms with E-state index in [1.807, 2.05) is 4.90 Å². The smallest absolute Gasteiger partial charge is 0.318 e. The molecule has 1 aromatic carbocycles. The fraction of sp³-hybridized carbons (Fsp3) is 0.333. The monoisotopic (exact) mass is 329 g/mol. The van der Waals surface area contributed by atoms with E-state index < -0.39 is 11.6 Å². The number of piperidine rings is 1. The summed E-state index contributed by atoms with van der Waals surface area (Å²) in [4.78, 5) is 18.2. The molecule has 4 rings (SSSR count). The summed E-state index contributed by atoms with van der Waals surface area (Å²) in [5, 5.41) is 2.84. The minimum Gasteiger partial charge on any atom is -0.318 e. The standard InChI is InChI=1S/C18H17F2N3O/c19-11-4-7-17(21-10-11)15-8-12(5-6-16(15)20)22-18(24)23-13-2-1-3-14(23)9-13/h4-8,10,13-14H,1-3,9H2,(H,22,24). The van der Waals surface area contributed by atoms with E-state index in [1.165, 1.54) is 36.8 Å². The van der Waals surface area contributed by atoms with Gasteiger partial charge < -0.3 is 10.2 Å². The lowest BCUT2D eigenvalue weighted by atomic mass is 9.80. The van der Waals surface area contributed by atoms with Crippen molar-refractivity contribution < 1.29 is 13.6 Å². The predicted molar refractivity (Wildman–Crippen MR) is 86.5 cm³/mol. The fourth-order valence-electron chi connectivity index (χ4n) is 3.66. The Labute approximate surface area is 138 Å². The highest BCUT2D eigenvalue weighted by atomic mass is 19.1. The number of nitrogens with zero attached hydrogens (tertiary/aromatic N) is 2. The number of pyridine rings is 1. The molecule has 2 aliphatic heterocycles. The fourth-order valence-corrected chi connectivity index (χ4v) is 3.66.